The third-order valence-electron chi connectivity index (χ3n) is 5.64. The Hall–Kier alpha value is -3.15. The molecule has 0 aromatic heterocycles. The average molecular weight is 463 g/mol. The number of rotatable bonds is 11. The van der Waals surface area contributed by atoms with Crippen molar-refractivity contribution in [2.75, 3.05) is 13.2 Å². The molecule has 0 radical (unpaired) electrons. The Morgan fingerprint density at radius 1 is 0.882 bits per heavy atom. The van der Waals surface area contributed by atoms with Gasteiger partial charge in [0.25, 0.3) is 0 Å². The molecule has 180 valence electrons. The predicted molar refractivity (Wildman–Crippen MR) is 135 cm³/mol. The van der Waals surface area contributed by atoms with Crippen molar-refractivity contribution in [1.82, 2.24) is 0 Å². The molecule has 5 heteroatoms. The summed E-state index contributed by atoms with van der Waals surface area (Å²) in [4.78, 5) is 10.8. The Morgan fingerprint density at radius 3 is 2.18 bits per heavy atom. The Morgan fingerprint density at radius 2 is 1.56 bits per heavy atom. The van der Waals surface area contributed by atoms with Gasteiger partial charge in [-0.1, -0.05) is 18.2 Å². The molecule has 0 spiro atoms. The summed E-state index contributed by atoms with van der Waals surface area (Å²) < 4.78 is 17.2. The first-order valence-electron chi connectivity index (χ1n) is 11.6. The van der Waals surface area contributed by atoms with Crippen molar-refractivity contribution in [2.24, 2.45) is 0 Å². The molecule has 0 heterocycles. The van der Waals surface area contributed by atoms with E-state index in [9.17, 15) is 9.90 Å². The molecule has 34 heavy (non-hydrogen) atoms. The maximum Gasteiger partial charge on any atom is 0.159 e. The van der Waals surface area contributed by atoms with E-state index in [2.05, 4.69) is 51.1 Å². The van der Waals surface area contributed by atoms with Gasteiger partial charge in [0.15, 0.2) is 5.79 Å². The van der Waals surface area contributed by atoms with Crippen LogP contribution in [0.15, 0.2) is 54.6 Å². The Balaban J connectivity index is 1.70. The second-order valence-electron chi connectivity index (χ2n) is 8.99. The molecule has 0 fully saturated rings. The number of carbonyl (C=O) groups excluding carboxylic acids is 1. The molecule has 3 aromatic carbocycles. The minimum Gasteiger partial charge on any atom is -0.493 e. The van der Waals surface area contributed by atoms with E-state index in [0.717, 1.165) is 34.5 Å². The zero-order chi connectivity index (χ0) is 24.7. The molecular formula is C29H34O5. The first kappa shape index (κ1) is 25.5. The molecule has 0 bridgehead atoms. The van der Waals surface area contributed by atoms with E-state index in [1.54, 1.807) is 26.0 Å². The largest absolute Gasteiger partial charge is 0.493 e. The molecule has 0 saturated carbocycles. The summed E-state index contributed by atoms with van der Waals surface area (Å²) in [6, 6.07) is 17.5. The van der Waals surface area contributed by atoms with Crippen LogP contribution in [0.2, 0.25) is 0 Å². The number of aliphatic hydroxyl groups is 1. The van der Waals surface area contributed by atoms with Gasteiger partial charge in [0.1, 0.15) is 24.4 Å². The van der Waals surface area contributed by atoms with Crippen LogP contribution >= 0.6 is 0 Å². The van der Waals surface area contributed by atoms with Gasteiger partial charge < -0.3 is 19.3 Å². The molecule has 0 aliphatic heterocycles. The van der Waals surface area contributed by atoms with Crippen LogP contribution in [-0.2, 0) is 11.3 Å². The van der Waals surface area contributed by atoms with Gasteiger partial charge in [-0.3, -0.25) is 4.79 Å². The number of aryl methyl sites for hydroxylation is 2. The van der Waals surface area contributed by atoms with E-state index in [4.69, 9.17) is 14.2 Å². The zero-order valence-corrected chi connectivity index (χ0v) is 20.7. The molecule has 3 aromatic rings. The van der Waals surface area contributed by atoms with E-state index in [1.165, 1.54) is 16.7 Å². The van der Waals surface area contributed by atoms with Crippen LogP contribution in [0, 0.1) is 20.8 Å². The number of benzene rings is 3. The van der Waals surface area contributed by atoms with Crippen LogP contribution in [0.25, 0.3) is 11.1 Å². The second-order valence-corrected chi connectivity index (χ2v) is 8.99. The molecule has 3 rings (SSSR count). The molecule has 0 unspecified atom stereocenters. The van der Waals surface area contributed by atoms with Crippen LogP contribution in [-0.4, -0.2) is 30.4 Å². The quantitative estimate of drug-likeness (QED) is 0.209. The van der Waals surface area contributed by atoms with Crippen molar-refractivity contribution in [1.29, 1.82) is 0 Å². The maximum atomic E-state index is 10.8. The second kappa shape index (κ2) is 11.3. The highest BCUT2D eigenvalue weighted by atomic mass is 16.6. The monoisotopic (exact) mass is 462 g/mol. The molecular weight excluding hydrogens is 428 g/mol. The van der Waals surface area contributed by atoms with Crippen molar-refractivity contribution in [3.05, 3.63) is 82.4 Å². The predicted octanol–water partition coefficient (Wildman–Crippen LogP) is 6.18. The van der Waals surface area contributed by atoms with Crippen molar-refractivity contribution in [3.8, 4) is 22.6 Å². The lowest BCUT2D eigenvalue weighted by Crippen LogP contribution is -2.24. The van der Waals surface area contributed by atoms with Crippen molar-refractivity contribution in [2.45, 2.75) is 53.4 Å². The number of carbonyl (C=O) groups is 1. The third-order valence-corrected chi connectivity index (χ3v) is 5.64. The third kappa shape index (κ3) is 6.92. The fraction of sp³-hybridized carbons (Fsp3) is 0.345. The van der Waals surface area contributed by atoms with E-state index in [1.807, 2.05) is 12.1 Å². The fourth-order valence-electron chi connectivity index (χ4n) is 3.92. The van der Waals surface area contributed by atoms with E-state index >= 15 is 0 Å². The first-order valence-corrected chi connectivity index (χ1v) is 11.6. The number of hydrogen-bond acceptors (Lipinski definition) is 5. The summed E-state index contributed by atoms with van der Waals surface area (Å²) >= 11 is 0. The molecule has 0 saturated heterocycles. The van der Waals surface area contributed by atoms with E-state index < -0.39 is 5.79 Å². The van der Waals surface area contributed by atoms with E-state index in [0.29, 0.717) is 31.8 Å². The zero-order valence-electron chi connectivity index (χ0n) is 20.7. The Kier molecular flexibility index (Phi) is 8.48. The van der Waals surface area contributed by atoms with Crippen LogP contribution < -0.4 is 9.47 Å². The van der Waals surface area contributed by atoms with Crippen LogP contribution in [0.1, 0.15) is 52.9 Å². The summed E-state index contributed by atoms with van der Waals surface area (Å²) in [5, 5.41) is 9.62. The minimum absolute atomic E-state index is 0.439. The Labute approximate surface area is 202 Å². The molecule has 5 nitrogen and oxygen atoms in total. The molecule has 0 aliphatic carbocycles. The van der Waals surface area contributed by atoms with Crippen LogP contribution in [0.3, 0.4) is 0 Å². The van der Waals surface area contributed by atoms with Crippen LogP contribution in [0.4, 0.5) is 0 Å². The van der Waals surface area contributed by atoms with Gasteiger partial charge in [-0.2, -0.15) is 0 Å². The smallest absolute Gasteiger partial charge is 0.159 e. The van der Waals surface area contributed by atoms with Gasteiger partial charge in [-0.05, 0) is 104 Å². The Bertz CT molecular complexity index is 1090. The summed E-state index contributed by atoms with van der Waals surface area (Å²) in [5.74, 6) is 0.447. The first-order chi connectivity index (χ1) is 16.2. The average Bonchev–Trinajstić information content (AvgIpc) is 2.78. The normalized spacial score (nSPS) is 11.4. The number of hydrogen-bond donors (Lipinski definition) is 1. The van der Waals surface area contributed by atoms with Crippen molar-refractivity contribution < 1.29 is 24.1 Å². The van der Waals surface area contributed by atoms with Gasteiger partial charge in [0, 0.05) is 12.0 Å². The summed E-state index contributed by atoms with van der Waals surface area (Å²) in [7, 11) is 0. The van der Waals surface area contributed by atoms with Gasteiger partial charge >= 0.3 is 0 Å². The number of aldehydes is 1. The number of ether oxygens (including phenoxy) is 3. The molecule has 1 N–H and O–H groups in total. The summed E-state index contributed by atoms with van der Waals surface area (Å²) in [5.41, 5.74) is 7.59. The molecule has 0 atom stereocenters. The summed E-state index contributed by atoms with van der Waals surface area (Å²) in [6.07, 6.45) is 1.52. The minimum atomic E-state index is -1.12. The van der Waals surface area contributed by atoms with E-state index in [-0.39, 0.29) is 0 Å². The highest BCUT2D eigenvalue weighted by Gasteiger charge is 2.14. The highest BCUT2D eigenvalue weighted by molar-refractivity contribution is 5.76. The molecule has 0 amide bonds. The van der Waals surface area contributed by atoms with Crippen LogP contribution in [0.5, 0.6) is 11.5 Å². The SMILES string of the molecule is Cc1cc(OCCCOC(C)(C)O)cc(C)c1-c1cccc(COc2ccc(C=O)cc2)c1C. The lowest BCUT2D eigenvalue weighted by molar-refractivity contribution is -0.176. The lowest BCUT2D eigenvalue weighted by atomic mass is 9.90. The maximum absolute atomic E-state index is 10.8. The standard InChI is InChI=1S/C29H34O5/c1-20-16-26(32-14-7-15-34-29(4,5)31)17-21(2)28(20)27-9-6-8-24(22(27)3)19-33-25-12-10-23(18-30)11-13-25/h6,8-13,16-18,31H,7,14-15,19H2,1-5H3. The summed E-state index contributed by atoms with van der Waals surface area (Å²) in [6.45, 7) is 11.0. The van der Waals surface area contributed by atoms with Crippen molar-refractivity contribution >= 4 is 6.29 Å². The lowest BCUT2D eigenvalue weighted by Gasteiger charge is -2.19. The van der Waals surface area contributed by atoms with Gasteiger partial charge in [-0.25, -0.2) is 0 Å². The fourth-order valence-corrected chi connectivity index (χ4v) is 3.92. The topological polar surface area (TPSA) is 65.0 Å². The highest BCUT2D eigenvalue weighted by Crippen LogP contribution is 2.34. The van der Waals surface area contributed by atoms with Crippen molar-refractivity contribution in [3.63, 3.8) is 0 Å². The van der Waals surface area contributed by atoms with Gasteiger partial charge in [0.05, 0.1) is 13.2 Å². The van der Waals surface area contributed by atoms with Gasteiger partial charge in [0.2, 0.25) is 0 Å². The van der Waals surface area contributed by atoms with Gasteiger partial charge in [-0.15, -0.1) is 0 Å². The molecule has 0 aliphatic rings.